The van der Waals surface area contributed by atoms with Crippen molar-refractivity contribution >= 4 is 5.97 Å². The third-order valence-corrected chi connectivity index (χ3v) is 4.11. The van der Waals surface area contributed by atoms with Crippen LogP contribution in [0, 0.1) is 0 Å². The Kier molecular flexibility index (Phi) is 8.02. The summed E-state index contributed by atoms with van der Waals surface area (Å²) in [6.07, 6.45) is -13.3. The van der Waals surface area contributed by atoms with Gasteiger partial charge in [0.1, 0.15) is 6.04 Å². The van der Waals surface area contributed by atoms with Gasteiger partial charge in [-0.3, -0.25) is 4.79 Å². The predicted octanol–water partition coefficient (Wildman–Crippen LogP) is 5.58. The maximum absolute atomic E-state index is 13.5. The molecule has 3 N–H and O–H groups in total. The highest BCUT2D eigenvalue weighted by Gasteiger charge is 2.95. The highest BCUT2D eigenvalue weighted by Crippen LogP contribution is 2.64. The molecule has 0 aromatic rings. The topological polar surface area (TPSA) is 63.3 Å². The fourth-order valence-electron chi connectivity index (χ4n) is 2.02. The second-order valence-electron chi connectivity index (χ2n) is 6.49. The lowest BCUT2D eigenvalue weighted by atomic mass is 9.87. The minimum atomic E-state index is -8.67. The number of aliphatic carboxylic acids is 1. The Hall–Kier alpha value is -1.76. The standard InChI is InChI=1S/C13H10F17NO2/c14-6(15,3-1-2-4(31)5(32)33)7(16,17)8(18,19)9(20,21)10(22,23)11(24,25)12(26,27)13(28,29)30/h4H,1-3,31H2,(H,32,33). The highest BCUT2D eigenvalue weighted by atomic mass is 19.4. The summed E-state index contributed by atoms with van der Waals surface area (Å²) < 4.78 is 221. The van der Waals surface area contributed by atoms with Crippen LogP contribution in [0.25, 0.3) is 0 Å². The van der Waals surface area contributed by atoms with E-state index in [4.69, 9.17) is 10.8 Å². The van der Waals surface area contributed by atoms with Gasteiger partial charge in [0.15, 0.2) is 0 Å². The molecule has 0 saturated carbocycles. The Labute approximate surface area is 170 Å². The molecule has 0 aliphatic heterocycles. The number of carboxylic acid groups (broad SMARTS) is 1. The Bertz CT molecular complexity index is 714. The van der Waals surface area contributed by atoms with Gasteiger partial charge in [-0.25, -0.2) is 0 Å². The Balaban J connectivity index is 6.34. The number of halogens is 17. The van der Waals surface area contributed by atoms with Crippen molar-refractivity contribution in [1.82, 2.24) is 0 Å². The first-order chi connectivity index (χ1) is 14.1. The number of hydrogen-bond acceptors (Lipinski definition) is 2. The molecular formula is C13H10F17NO2. The van der Waals surface area contributed by atoms with Gasteiger partial charge in [-0.2, -0.15) is 74.6 Å². The molecule has 0 bridgehead atoms. The van der Waals surface area contributed by atoms with Crippen LogP contribution < -0.4 is 5.73 Å². The van der Waals surface area contributed by atoms with Crippen molar-refractivity contribution in [1.29, 1.82) is 0 Å². The molecular weight excluding hydrogens is 525 g/mol. The summed E-state index contributed by atoms with van der Waals surface area (Å²) in [5.74, 6) is -58.6. The maximum atomic E-state index is 13.5. The van der Waals surface area contributed by atoms with Gasteiger partial charge in [0.25, 0.3) is 0 Å². The zero-order valence-corrected chi connectivity index (χ0v) is 15.1. The third-order valence-electron chi connectivity index (χ3n) is 4.11. The van der Waals surface area contributed by atoms with E-state index in [1.54, 1.807) is 0 Å². The average Bonchev–Trinajstić information content (AvgIpc) is 2.59. The van der Waals surface area contributed by atoms with Crippen molar-refractivity contribution in [3.63, 3.8) is 0 Å². The van der Waals surface area contributed by atoms with Crippen molar-refractivity contribution < 1.29 is 84.5 Å². The summed E-state index contributed by atoms with van der Waals surface area (Å²) in [5.41, 5.74) is 4.75. The minimum absolute atomic E-state index is 1.21. The molecule has 3 nitrogen and oxygen atoms in total. The van der Waals surface area contributed by atoms with Crippen LogP contribution in [0.5, 0.6) is 0 Å². The molecule has 0 amide bonds. The van der Waals surface area contributed by atoms with Crippen LogP contribution in [0.15, 0.2) is 0 Å². The van der Waals surface area contributed by atoms with Crippen LogP contribution in [0.2, 0.25) is 0 Å². The van der Waals surface area contributed by atoms with E-state index in [2.05, 4.69) is 0 Å². The molecule has 0 saturated heterocycles. The maximum Gasteiger partial charge on any atom is 0.460 e. The van der Waals surface area contributed by atoms with Gasteiger partial charge in [-0.1, -0.05) is 0 Å². The molecule has 0 aromatic heterocycles. The van der Waals surface area contributed by atoms with Crippen LogP contribution in [0.3, 0.4) is 0 Å². The summed E-state index contributed by atoms with van der Waals surface area (Å²) in [4.78, 5) is 10.3. The molecule has 0 spiro atoms. The van der Waals surface area contributed by atoms with Gasteiger partial charge in [-0.15, -0.1) is 0 Å². The number of hydrogen-bond donors (Lipinski definition) is 2. The van der Waals surface area contributed by atoms with Crippen LogP contribution in [0.4, 0.5) is 74.6 Å². The van der Waals surface area contributed by atoms with Crippen molar-refractivity contribution in [3.05, 3.63) is 0 Å². The van der Waals surface area contributed by atoms with E-state index < -0.39 is 78.9 Å². The van der Waals surface area contributed by atoms with Crippen LogP contribution in [0.1, 0.15) is 19.3 Å². The summed E-state index contributed by atoms with van der Waals surface area (Å²) >= 11 is 0. The van der Waals surface area contributed by atoms with E-state index >= 15 is 0 Å². The summed E-state index contributed by atoms with van der Waals surface area (Å²) in [7, 11) is 0. The largest absolute Gasteiger partial charge is 0.480 e. The monoisotopic (exact) mass is 535 g/mol. The van der Waals surface area contributed by atoms with Crippen molar-refractivity contribution in [3.8, 4) is 0 Å². The molecule has 0 aliphatic rings. The van der Waals surface area contributed by atoms with Gasteiger partial charge in [0.2, 0.25) is 0 Å². The van der Waals surface area contributed by atoms with Crippen molar-refractivity contribution in [2.75, 3.05) is 0 Å². The number of carbonyl (C=O) groups is 1. The first-order valence-electron chi connectivity index (χ1n) is 7.77. The lowest BCUT2D eigenvalue weighted by Crippen LogP contribution is -2.74. The molecule has 1 atom stereocenters. The molecule has 0 radical (unpaired) electrons. The van der Waals surface area contributed by atoms with Crippen molar-refractivity contribution in [2.24, 2.45) is 5.73 Å². The van der Waals surface area contributed by atoms with Gasteiger partial charge in [0, 0.05) is 6.42 Å². The summed E-state index contributed by atoms with van der Waals surface area (Å²) in [6.45, 7) is 0. The van der Waals surface area contributed by atoms with E-state index in [0.29, 0.717) is 0 Å². The first kappa shape index (κ1) is 31.2. The molecule has 20 heteroatoms. The average molecular weight is 535 g/mol. The van der Waals surface area contributed by atoms with Gasteiger partial charge >= 0.3 is 53.6 Å². The lowest BCUT2D eigenvalue weighted by molar-refractivity contribution is -0.461. The predicted molar refractivity (Wildman–Crippen MR) is 70.1 cm³/mol. The smallest absolute Gasteiger partial charge is 0.460 e. The molecule has 0 aliphatic carbocycles. The SMILES string of the molecule is NC(CCCC(F)(F)C(F)(F)C(F)(F)C(F)(F)C(F)(F)C(F)(F)C(F)(F)C(F)(F)F)C(=O)O. The fraction of sp³-hybridized carbons (Fsp3) is 0.923. The van der Waals surface area contributed by atoms with Gasteiger partial charge in [0.05, 0.1) is 0 Å². The summed E-state index contributed by atoms with van der Waals surface area (Å²) in [6, 6.07) is -2.09. The second kappa shape index (κ2) is 8.47. The normalized spacial score (nSPS) is 16.7. The van der Waals surface area contributed by atoms with Gasteiger partial charge in [-0.05, 0) is 12.8 Å². The summed E-state index contributed by atoms with van der Waals surface area (Å²) in [5, 5.41) is 8.32. The molecule has 198 valence electrons. The number of carboxylic acids is 1. The highest BCUT2D eigenvalue weighted by molar-refractivity contribution is 5.72. The van der Waals surface area contributed by atoms with Gasteiger partial charge < -0.3 is 10.8 Å². The van der Waals surface area contributed by atoms with Crippen molar-refractivity contribution in [2.45, 2.75) is 72.9 Å². The molecule has 0 aromatic carbocycles. The Morgan fingerprint density at radius 3 is 1.21 bits per heavy atom. The molecule has 33 heavy (non-hydrogen) atoms. The van der Waals surface area contributed by atoms with E-state index in [1.807, 2.05) is 0 Å². The third kappa shape index (κ3) is 4.62. The number of nitrogens with two attached hydrogens (primary N) is 1. The minimum Gasteiger partial charge on any atom is -0.480 e. The first-order valence-corrected chi connectivity index (χ1v) is 7.77. The van der Waals surface area contributed by atoms with Crippen LogP contribution in [-0.2, 0) is 4.79 Å². The Morgan fingerprint density at radius 2 is 0.909 bits per heavy atom. The zero-order chi connectivity index (χ0) is 27.3. The van der Waals surface area contributed by atoms with Crippen LogP contribution >= 0.6 is 0 Å². The van der Waals surface area contributed by atoms with E-state index in [9.17, 15) is 79.4 Å². The molecule has 0 rings (SSSR count). The second-order valence-corrected chi connectivity index (χ2v) is 6.49. The molecule has 0 heterocycles. The van der Waals surface area contributed by atoms with E-state index in [0.717, 1.165) is 0 Å². The van der Waals surface area contributed by atoms with E-state index in [-0.39, 0.29) is 0 Å². The lowest BCUT2D eigenvalue weighted by Gasteiger charge is -2.42. The van der Waals surface area contributed by atoms with E-state index in [1.165, 1.54) is 0 Å². The molecule has 1 unspecified atom stereocenters. The molecule has 0 fully saturated rings. The van der Waals surface area contributed by atoms with Crippen LogP contribution in [-0.4, -0.2) is 64.8 Å². The quantitative estimate of drug-likeness (QED) is 0.340. The fourth-order valence-corrected chi connectivity index (χ4v) is 2.02. The zero-order valence-electron chi connectivity index (χ0n) is 15.1. The number of rotatable bonds is 11. The number of alkyl halides is 17. The Morgan fingerprint density at radius 1 is 0.606 bits per heavy atom.